The van der Waals surface area contributed by atoms with Crippen molar-refractivity contribution in [3.05, 3.63) is 65.2 Å². The molecule has 9 heteroatoms. The Morgan fingerprint density at radius 2 is 1.70 bits per heavy atom. The van der Waals surface area contributed by atoms with Gasteiger partial charge in [-0.25, -0.2) is 17.2 Å². The number of hydrogen-bond donors (Lipinski definition) is 1. The van der Waals surface area contributed by atoms with Gasteiger partial charge in [0.25, 0.3) is 5.91 Å². The number of ether oxygens (including phenoxy) is 1. The quantitative estimate of drug-likeness (QED) is 0.842. The first-order valence-electron chi connectivity index (χ1n) is 8.26. The molecule has 1 amide bonds. The summed E-state index contributed by atoms with van der Waals surface area (Å²) in [6.07, 6.45) is 0. The third-order valence-corrected chi connectivity index (χ3v) is 5.96. The van der Waals surface area contributed by atoms with Crippen LogP contribution in [0.3, 0.4) is 0 Å². The third kappa shape index (κ3) is 4.88. The minimum atomic E-state index is -3.45. The summed E-state index contributed by atoms with van der Waals surface area (Å²) in [5, 5.41) is 2.46. The Balaban J connectivity index is 1.65. The van der Waals surface area contributed by atoms with Gasteiger partial charge in [0.15, 0.2) is 11.6 Å². The van der Waals surface area contributed by atoms with Crippen LogP contribution in [0.1, 0.15) is 15.9 Å². The summed E-state index contributed by atoms with van der Waals surface area (Å²) >= 11 is 0. The molecule has 2 aromatic rings. The fraction of sp³-hybridized carbons (Fsp3) is 0.278. The molecule has 0 aliphatic carbocycles. The van der Waals surface area contributed by atoms with Crippen molar-refractivity contribution in [3.8, 4) is 0 Å². The number of anilines is 1. The van der Waals surface area contributed by atoms with E-state index in [1.807, 2.05) is 0 Å². The molecule has 1 aliphatic rings. The van der Waals surface area contributed by atoms with E-state index in [-0.39, 0.29) is 17.0 Å². The lowest BCUT2D eigenvalue weighted by atomic mass is 10.1. The number of hydrogen-bond acceptors (Lipinski definition) is 4. The number of halogens is 2. The summed E-state index contributed by atoms with van der Waals surface area (Å²) < 4.78 is 57.5. The highest BCUT2D eigenvalue weighted by Crippen LogP contribution is 2.16. The summed E-state index contributed by atoms with van der Waals surface area (Å²) in [5.74, 6) is -2.74. The molecule has 0 aromatic heterocycles. The molecule has 3 rings (SSSR count). The zero-order chi connectivity index (χ0) is 19.4. The van der Waals surface area contributed by atoms with Crippen LogP contribution in [-0.4, -0.2) is 44.9 Å². The smallest absolute Gasteiger partial charge is 0.255 e. The molecule has 1 saturated heterocycles. The first kappa shape index (κ1) is 19.4. The number of amides is 1. The maximum absolute atomic E-state index is 13.2. The monoisotopic (exact) mass is 396 g/mol. The fourth-order valence-electron chi connectivity index (χ4n) is 2.66. The minimum absolute atomic E-state index is 0.123. The van der Waals surface area contributed by atoms with Crippen LogP contribution in [0, 0.1) is 11.6 Å². The number of carbonyl (C=O) groups is 1. The highest BCUT2D eigenvalue weighted by molar-refractivity contribution is 7.88. The maximum atomic E-state index is 13.2. The molecule has 0 atom stereocenters. The number of morpholine rings is 1. The predicted octanol–water partition coefficient (Wildman–Crippen LogP) is 2.38. The van der Waals surface area contributed by atoms with Gasteiger partial charge in [0.05, 0.1) is 19.0 Å². The zero-order valence-electron chi connectivity index (χ0n) is 14.3. The van der Waals surface area contributed by atoms with Gasteiger partial charge in [-0.3, -0.25) is 4.79 Å². The van der Waals surface area contributed by atoms with Crippen molar-refractivity contribution in [2.24, 2.45) is 0 Å². The summed E-state index contributed by atoms with van der Waals surface area (Å²) in [5.41, 5.74) is 0.941. The third-order valence-electron chi connectivity index (χ3n) is 4.11. The molecule has 0 spiro atoms. The van der Waals surface area contributed by atoms with Crippen molar-refractivity contribution in [2.45, 2.75) is 5.75 Å². The Bertz CT molecular complexity index is 927. The molecule has 144 valence electrons. The van der Waals surface area contributed by atoms with E-state index in [9.17, 15) is 22.0 Å². The van der Waals surface area contributed by atoms with E-state index in [1.165, 1.54) is 22.5 Å². The number of benzene rings is 2. The van der Waals surface area contributed by atoms with Gasteiger partial charge in [0.1, 0.15) is 0 Å². The molecular weight excluding hydrogens is 378 g/mol. The standard InChI is InChI=1S/C18H18F2N2O4S/c19-16-6-5-15(11-17(16)20)21-18(23)14-3-1-13(2-4-14)12-27(24,25)22-7-9-26-10-8-22/h1-6,11H,7-10,12H2,(H,21,23). The summed E-state index contributed by atoms with van der Waals surface area (Å²) in [4.78, 5) is 12.2. The van der Waals surface area contributed by atoms with E-state index in [0.717, 1.165) is 12.1 Å². The average Bonchev–Trinajstić information content (AvgIpc) is 2.66. The van der Waals surface area contributed by atoms with Crippen molar-refractivity contribution in [2.75, 3.05) is 31.6 Å². The second-order valence-corrected chi connectivity index (χ2v) is 8.02. The lowest BCUT2D eigenvalue weighted by Gasteiger charge is -2.26. The minimum Gasteiger partial charge on any atom is -0.379 e. The van der Waals surface area contributed by atoms with Gasteiger partial charge >= 0.3 is 0 Å². The van der Waals surface area contributed by atoms with E-state index in [2.05, 4.69) is 5.32 Å². The second kappa shape index (κ2) is 8.12. The average molecular weight is 396 g/mol. The maximum Gasteiger partial charge on any atom is 0.255 e. The molecular formula is C18H18F2N2O4S. The molecule has 1 N–H and O–H groups in total. The molecule has 0 radical (unpaired) electrons. The first-order valence-corrected chi connectivity index (χ1v) is 9.87. The zero-order valence-corrected chi connectivity index (χ0v) is 15.1. The van der Waals surface area contributed by atoms with Crippen molar-refractivity contribution in [1.82, 2.24) is 4.31 Å². The van der Waals surface area contributed by atoms with Crippen LogP contribution in [0.25, 0.3) is 0 Å². The lowest BCUT2D eigenvalue weighted by Crippen LogP contribution is -2.41. The van der Waals surface area contributed by atoms with Crippen LogP contribution in [0.4, 0.5) is 14.5 Å². The number of nitrogens with zero attached hydrogens (tertiary/aromatic N) is 1. The lowest BCUT2D eigenvalue weighted by molar-refractivity contribution is 0.0729. The Kier molecular flexibility index (Phi) is 5.83. The van der Waals surface area contributed by atoms with Gasteiger partial charge < -0.3 is 10.1 Å². The molecule has 0 unspecified atom stereocenters. The molecule has 1 heterocycles. The number of sulfonamides is 1. The summed E-state index contributed by atoms with van der Waals surface area (Å²) in [7, 11) is -3.45. The van der Waals surface area contributed by atoms with Gasteiger partial charge in [0.2, 0.25) is 10.0 Å². The second-order valence-electron chi connectivity index (χ2n) is 6.05. The van der Waals surface area contributed by atoms with E-state index >= 15 is 0 Å². The van der Waals surface area contributed by atoms with Gasteiger partial charge in [-0.15, -0.1) is 0 Å². The summed E-state index contributed by atoms with van der Waals surface area (Å²) in [6.45, 7) is 1.42. The molecule has 0 saturated carbocycles. The molecule has 1 fully saturated rings. The molecule has 0 bridgehead atoms. The Hall–Kier alpha value is -2.36. The summed E-state index contributed by atoms with van der Waals surface area (Å²) in [6, 6.07) is 9.13. The fourth-order valence-corrected chi connectivity index (χ4v) is 4.16. The van der Waals surface area contributed by atoms with E-state index in [4.69, 9.17) is 4.74 Å². The van der Waals surface area contributed by atoms with Crippen molar-refractivity contribution < 1.29 is 26.7 Å². The van der Waals surface area contributed by atoms with Crippen molar-refractivity contribution in [1.29, 1.82) is 0 Å². The van der Waals surface area contributed by atoms with E-state index in [0.29, 0.717) is 31.9 Å². The van der Waals surface area contributed by atoms with Crippen molar-refractivity contribution in [3.63, 3.8) is 0 Å². The van der Waals surface area contributed by atoms with Crippen LogP contribution >= 0.6 is 0 Å². The van der Waals surface area contributed by atoms with Crippen LogP contribution < -0.4 is 5.32 Å². The van der Waals surface area contributed by atoms with E-state index in [1.54, 1.807) is 12.1 Å². The number of nitrogens with one attached hydrogen (secondary N) is 1. The molecule has 1 aliphatic heterocycles. The van der Waals surface area contributed by atoms with Crippen LogP contribution in [0.15, 0.2) is 42.5 Å². The van der Waals surface area contributed by atoms with Crippen LogP contribution in [-0.2, 0) is 20.5 Å². The largest absolute Gasteiger partial charge is 0.379 e. The SMILES string of the molecule is O=C(Nc1ccc(F)c(F)c1)c1ccc(CS(=O)(=O)N2CCOCC2)cc1. The number of carbonyl (C=O) groups excluding carboxylic acids is 1. The van der Waals surface area contributed by atoms with Crippen molar-refractivity contribution >= 4 is 21.6 Å². The Morgan fingerprint density at radius 3 is 2.33 bits per heavy atom. The molecule has 6 nitrogen and oxygen atoms in total. The predicted molar refractivity (Wildman–Crippen MR) is 95.8 cm³/mol. The first-order chi connectivity index (χ1) is 12.8. The van der Waals surface area contributed by atoms with Gasteiger partial charge in [0, 0.05) is 30.4 Å². The molecule has 2 aromatic carbocycles. The Labute approximate surface area is 155 Å². The van der Waals surface area contributed by atoms with Gasteiger partial charge in [-0.05, 0) is 29.8 Å². The van der Waals surface area contributed by atoms with Gasteiger partial charge in [-0.2, -0.15) is 4.31 Å². The van der Waals surface area contributed by atoms with Crippen LogP contribution in [0.2, 0.25) is 0 Å². The topological polar surface area (TPSA) is 75.7 Å². The molecule has 27 heavy (non-hydrogen) atoms. The highest BCUT2D eigenvalue weighted by atomic mass is 32.2. The van der Waals surface area contributed by atoms with E-state index < -0.39 is 27.6 Å². The normalized spacial score (nSPS) is 15.5. The highest BCUT2D eigenvalue weighted by Gasteiger charge is 2.24. The number of rotatable bonds is 5. The van der Waals surface area contributed by atoms with Crippen LogP contribution in [0.5, 0.6) is 0 Å². The van der Waals surface area contributed by atoms with Gasteiger partial charge in [-0.1, -0.05) is 12.1 Å². The Morgan fingerprint density at radius 1 is 1.04 bits per heavy atom.